The Balaban J connectivity index is 2.07. The molecule has 2 rings (SSSR count). The third-order valence-electron chi connectivity index (χ3n) is 4.13. The summed E-state index contributed by atoms with van der Waals surface area (Å²) in [5, 5.41) is 0. The molecule has 1 aromatic carbocycles. The van der Waals surface area contributed by atoms with Gasteiger partial charge in [0.1, 0.15) is 5.82 Å². The van der Waals surface area contributed by atoms with Crippen molar-refractivity contribution in [1.29, 1.82) is 0 Å². The number of hydrogen-bond donors (Lipinski definition) is 1. The van der Waals surface area contributed by atoms with Crippen molar-refractivity contribution in [2.45, 2.75) is 50.2 Å². The fraction of sp³-hybridized carbons (Fsp3) is 0.600. The first-order valence-corrected chi connectivity index (χ1v) is 6.71. The maximum Gasteiger partial charge on any atom is 0.123 e. The molecule has 1 aliphatic carbocycles. The van der Waals surface area contributed by atoms with Gasteiger partial charge >= 0.3 is 0 Å². The van der Waals surface area contributed by atoms with Gasteiger partial charge in [-0.2, -0.15) is 0 Å². The predicted octanol–water partition coefficient (Wildman–Crippen LogP) is 3.04. The molecule has 1 aliphatic rings. The molecule has 1 unspecified atom stereocenters. The lowest BCUT2D eigenvalue weighted by Gasteiger charge is -2.41. The monoisotopic (exact) mass is 251 g/mol. The second kappa shape index (κ2) is 5.81. The molecule has 0 spiro atoms. The number of hydrogen-bond acceptors (Lipinski definition) is 2. The van der Waals surface area contributed by atoms with Crippen LogP contribution < -0.4 is 5.73 Å². The van der Waals surface area contributed by atoms with Crippen molar-refractivity contribution in [3.63, 3.8) is 0 Å². The average molecular weight is 251 g/mol. The highest BCUT2D eigenvalue weighted by Crippen LogP contribution is 2.34. The van der Waals surface area contributed by atoms with Crippen LogP contribution in [-0.2, 0) is 11.2 Å². The predicted molar refractivity (Wildman–Crippen MR) is 70.9 cm³/mol. The summed E-state index contributed by atoms with van der Waals surface area (Å²) in [6.45, 7) is 0. The molecule has 1 aromatic rings. The smallest absolute Gasteiger partial charge is 0.123 e. The van der Waals surface area contributed by atoms with Crippen LogP contribution in [0.3, 0.4) is 0 Å². The molecule has 0 radical (unpaired) electrons. The van der Waals surface area contributed by atoms with Gasteiger partial charge in [0.05, 0.1) is 5.60 Å². The molecule has 1 atom stereocenters. The summed E-state index contributed by atoms with van der Waals surface area (Å²) in [4.78, 5) is 0. The SMILES string of the molecule is COC1(C(N)Cc2cccc(F)c2)CCCCC1. The molecule has 100 valence electrons. The minimum absolute atomic E-state index is 0.0652. The molecule has 1 saturated carbocycles. The summed E-state index contributed by atoms with van der Waals surface area (Å²) in [5.74, 6) is -0.199. The van der Waals surface area contributed by atoms with Crippen LogP contribution >= 0.6 is 0 Å². The molecular formula is C15H22FNO. The first-order chi connectivity index (χ1) is 8.66. The van der Waals surface area contributed by atoms with Gasteiger partial charge in [-0.15, -0.1) is 0 Å². The van der Waals surface area contributed by atoms with Gasteiger partial charge in [-0.25, -0.2) is 4.39 Å². The van der Waals surface area contributed by atoms with Gasteiger partial charge in [0, 0.05) is 13.2 Å². The van der Waals surface area contributed by atoms with Gasteiger partial charge in [-0.1, -0.05) is 31.4 Å². The molecule has 1 fully saturated rings. The highest BCUT2D eigenvalue weighted by atomic mass is 19.1. The molecule has 0 bridgehead atoms. The zero-order chi connectivity index (χ0) is 13.0. The quantitative estimate of drug-likeness (QED) is 0.892. The van der Waals surface area contributed by atoms with Crippen LogP contribution in [0, 0.1) is 5.82 Å². The third kappa shape index (κ3) is 2.90. The lowest BCUT2D eigenvalue weighted by molar-refractivity contribution is -0.0582. The first-order valence-electron chi connectivity index (χ1n) is 6.71. The van der Waals surface area contributed by atoms with Crippen molar-refractivity contribution in [3.05, 3.63) is 35.6 Å². The second-order valence-electron chi connectivity index (χ2n) is 5.27. The van der Waals surface area contributed by atoms with Crippen molar-refractivity contribution in [3.8, 4) is 0 Å². The Hall–Kier alpha value is -0.930. The molecule has 3 heteroatoms. The summed E-state index contributed by atoms with van der Waals surface area (Å²) in [6.07, 6.45) is 6.30. The highest BCUT2D eigenvalue weighted by molar-refractivity contribution is 5.18. The third-order valence-corrected chi connectivity index (χ3v) is 4.13. The van der Waals surface area contributed by atoms with Gasteiger partial charge in [0.15, 0.2) is 0 Å². The Morgan fingerprint density at radius 3 is 2.67 bits per heavy atom. The van der Waals surface area contributed by atoms with E-state index in [1.807, 2.05) is 6.07 Å². The fourth-order valence-electron chi connectivity index (χ4n) is 2.98. The van der Waals surface area contributed by atoms with E-state index in [0.717, 1.165) is 18.4 Å². The summed E-state index contributed by atoms with van der Waals surface area (Å²) in [7, 11) is 1.75. The second-order valence-corrected chi connectivity index (χ2v) is 5.27. The number of ether oxygens (including phenoxy) is 1. The Morgan fingerprint density at radius 1 is 1.33 bits per heavy atom. The maximum absolute atomic E-state index is 13.2. The molecule has 0 aromatic heterocycles. The van der Waals surface area contributed by atoms with E-state index in [9.17, 15) is 4.39 Å². The van der Waals surface area contributed by atoms with Crippen molar-refractivity contribution in [2.24, 2.45) is 5.73 Å². The van der Waals surface area contributed by atoms with Gasteiger partial charge in [0.2, 0.25) is 0 Å². The van der Waals surface area contributed by atoms with E-state index >= 15 is 0 Å². The molecule has 0 heterocycles. The van der Waals surface area contributed by atoms with Crippen molar-refractivity contribution in [1.82, 2.24) is 0 Å². The van der Waals surface area contributed by atoms with Crippen molar-refractivity contribution in [2.75, 3.05) is 7.11 Å². The van der Waals surface area contributed by atoms with Gasteiger partial charge in [-0.05, 0) is 37.0 Å². The molecule has 2 nitrogen and oxygen atoms in total. The standard InChI is InChI=1S/C15H22FNO/c1-18-15(8-3-2-4-9-15)14(17)11-12-6-5-7-13(16)10-12/h5-7,10,14H,2-4,8-9,11,17H2,1H3. The van der Waals surface area contributed by atoms with Crippen molar-refractivity contribution >= 4 is 0 Å². The summed E-state index contributed by atoms with van der Waals surface area (Å²) in [6, 6.07) is 6.62. The van der Waals surface area contributed by atoms with Crippen LogP contribution in [-0.4, -0.2) is 18.8 Å². The maximum atomic E-state index is 13.2. The average Bonchev–Trinajstić information content (AvgIpc) is 2.39. The van der Waals surface area contributed by atoms with Crippen LogP contribution in [0.4, 0.5) is 4.39 Å². The zero-order valence-electron chi connectivity index (χ0n) is 11.0. The largest absolute Gasteiger partial charge is 0.377 e. The topological polar surface area (TPSA) is 35.2 Å². The zero-order valence-corrected chi connectivity index (χ0v) is 11.0. The Kier molecular flexibility index (Phi) is 4.36. The summed E-state index contributed by atoms with van der Waals surface area (Å²) in [5.41, 5.74) is 7.06. The van der Waals surface area contributed by atoms with Crippen LogP contribution in [0.15, 0.2) is 24.3 Å². The molecule has 0 saturated heterocycles. The van der Waals surface area contributed by atoms with E-state index in [4.69, 9.17) is 10.5 Å². The van der Waals surface area contributed by atoms with E-state index in [2.05, 4.69) is 0 Å². The van der Waals surface area contributed by atoms with Crippen LogP contribution in [0.1, 0.15) is 37.7 Å². The number of methoxy groups -OCH3 is 1. The number of rotatable bonds is 4. The van der Waals surface area contributed by atoms with E-state index in [1.54, 1.807) is 19.2 Å². The Morgan fingerprint density at radius 2 is 2.06 bits per heavy atom. The lowest BCUT2D eigenvalue weighted by Crippen LogP contribution is -2.51. The number of nitrogens with two attached hydrogens (primary N) is 1. The molecule has 18 heavy (non-hydrogen) atoms. The van der Waals surface area contributed by atoms with Crippen LogP contribution in [0.25, 0.3) is 0 Å². The van der Waals surface area contributed by atoms with Crippen LogP contribution in [0.2, 0.25) is 0 Å². The minimum Gasteiger partial charge on any atom is -0.377 e. The number of benzene rings is 1. The normalized spacial score (nSPS) is 20.6. The van der Waals surface area contributed by atoms with E-state index in [0.29, 0.717) is 6.42 Å². The van der Waals surface area contributed by atoms with Crippen molar-refractivity contribution < 1.29 is 9.13 Å². The lowest BCUT2D eigenvalue weighted by atomic mass is 9.77. The summed E-state index contributed by atoms with van der Waals surface area (Å²) < 4.78 is 18.9. The van der Waals surface area contributed by atoms with Gasteiger partial charge in [0.25, 0.3) is 0 Å². The van der Waals surface area contributed by atoms with Crippen LogP contribution in [0.5, 0.6) is 0 Å². The first kappa shape index (κ1) is 13.5. The fourth-order valence-corrected chi connectivity index (χ4v) is 2.98. The Labute approximate surface area is 108 Å². The summed E-state index contributed by atoms with van der Waals surface area (Å²) >= 11 is 0. The Bertz CT molecular complexity index is 388. The molecular weight excluding hydrogens is 229 g/mol. The van der Waals surface area contributed by atoms with Gasteiger partial charge < -0.3 is 10.5 Å². The highest BCUT2D eigenvalue weighted by Gasteiger charge is 2.37. The molecule has 0 amide bonds. The van der Waals surface area contributed by atoms with Gasteiger partial charge in [-0.3, -0.25) is 0 Å². The van der Waals surface area contributed by atoms with E-state index < -0.39 is 0 Å². The van der Waals surface area contributed by atoms with E-state index in [-0.39, 0.29) is 17.5 Å². The van der Waals surface area contributed by atoms with E-state index in [1.165, 1.54) is 25.3 Å². The molecule has 2 N–H and O–H groups in total. The molecule has 0 aliphatic heterocycles. The minimum atomic E-state index is -0.218. The number of halogens is 1.